The van der Waals surface area contributed by atoms with Gasteiger partial charge in [-0.05, 0) is 18.2 Å². The van der Waals surface area contributed by atoms with Gasteiger partial charge in [0.2, 0.25) is 0 Å². The number of pyridine rings is 1. The second-order valence-corrected chi connectivity index (χ2v) is 7.03. The van der Waals surface area contributed by atoms with Crippen LogP contribution in [-0.4, -0.2) is 37.8 Å². The largest absolute Gasteiger partial charge is 0.493 e. The summed E-state index contributed by atoms with van der Waals surface area (Å²) in [4.78, 5) is 8.20. The Hall–Kier alpha value is -3.75. The first-order valence-corrected chi connectivity index (χ1v) is 9.22. The molecule has 0 amide bonds. The highest BCUT2D eigenvalue weighted by molar-refractivity contribution is 5.81. The van der Waals surface area contributed by atoms with Gasteiger partial charge in [0.15, 0.2) is 17.2 Å². The lowest BCUT2D eigenvalue weighted by Crippen LogP contribution is -2.13. The van der Waals surface area contributed by atoms with Gasteiger partial charge in [0, 0.05) is 41.2 Å². The molecule has 29 heavy (non-hydrogen) atoms. The van der Waals surface area contributed by atoms with Gasteiger partial charge in [0.1, 0.15) is 24.2 Å². The number of ether oxygens (including phenoxy) is 2. The van der Waals surface area contributed by atoms with E-state index in [1.165, 1.54) is 12.4 Å². The lowest BCUT2D eigenvalue weighted by atomic mass is 9.96. The van der Waals surface area contributed by atoms with Crippen LogP contribution in [0.1, 0.15) is 17.0 Å². The number of hydrogen-bond donors (Lipinski definition) is 1. The predicted octanol–water partition coefficient (Wildman–Crippen LogP) is 2.81. The quantitative estimate of drug-likeness (QED) is 0.535. The summed E-state index contributed by atoms with van der Waals surface area (Å²) in [5.41, 5.74) is 3.72. The number of anilines is 1. The maximum absolute atomic E-state index is 14.6. The van der Waals surface area contributed by atoms with Crippen molar-refractivity contribution in [3.63, 3.8) is 0 Å². The van der Waals surface area contributed by atoms with Gasteiger partial charge in [-0.25, -0.2) is 14.4 Å². The zero-order chi connectivity index (χ0) is 19.4. The molecule has 1 atom stereocenters. The molecule has 0 radical (unpaired) electrons. The Morgan fingerprint density at radius 1 is 1.10 bits per heavy atom. The van der Waals surface area contributed by atoms with Crippen LogP contribution in [0.2, 0.25) is 0 Å². The molecular weight excluding hydrogens is 375 g/mol. The molecule has 8 nitrogen and oxygen atoms in total. The third kappa shape index (κ3) is 2.43. The van der Waals surface area contributed by atoms with Gasteiger partial charge in [-0.3, -0.25) is 4.40 Å². The highest BCUT2D eigenvalue weighted by atomic mass is 19.1. The van der Waals surface area contributed by atoms with Crippen LogP contribution in [0, 0.1) is 5.82 Å². The maximum atomic E-state index is 14.6. The zero-order valence-corrected chi connectivity index (χ0v) is 15.2. The molecule has 0 aliphatic carbocycles. The van der Waals surface area contributed by atoms with E-state index >= 15 is 0 Å². The Kier molecular flexibility index (Phi) is 3.43. The number of aromatic nitrogens is 5. The highest BCUT2D eigenvalue weighted by Gasteiger charge is 2.31. The molecule has 1 N–H and O–H groups in total. The summed E-state index contributed by atoms with van der Waals surface area (Å²) in [7, 11) is 0. The van der Waals surface area contributed by atoms with Gasteiger partial charge in [-0.2, -0.15) is 0 Å². The van der Waals surface area contributed by atoms with E-state index < -0.39 is 0 Å². The van der Waals surface area contributed by atoms with Crippen LogP contribution in [0.3, 0.4) is 0 Å². The van der Waals surface area contributed by atoms with E-state index in [4.69, 9.17) is 9.47 Å². The summed E-state index contributed by atoms with van der Waals surface area (Å²) < 4.78 is 28.4. The molecule has 2 aliphatic rings. The van der Waals surface area contributed by atoms with Crippen LogP contribution in [0.25, 0.3) is 16.8 Å². The summed E-state index contributed by atoms with van der Waals surface area (Å²) in [5, 5.41) is 11.6. The molecule has 0 saturated carbocycles. The summed E-state index contributed by atoms with van der Waals surface area (Å²) in [5.74, 6) is 1.72. The van der Waals surface area contributed by atoms with E-state index in [2.05, 4.69) is 25.5 Å². The summed E-state index contributed by atoms with van der Waals surface area (Å²) in [6, 6.07) is 5.03. The van der Waals surface area contributed by atoms with Gasteiger partial charge in [0.25, 0.3) is 0 Å². The third-order valence-electron chi connectivity index (χ3n) is 5.39. The van der Waals surface area contributed by atoms with Crippen molar-refractivity contribution in [3.05, 3.63) is 60.2 Å². The zero-order valence-electron chi connectivity index (χ0n) is 15.2. The first kappa shape index (κ1) is 16.2. The fourth-order valence-electron chi connectivity index (χ4n) is 4.04. The lowest BCUT2D eigenvalue weighted by molar-refractivity contribution is 0.249. The van der Waals surface area contributed by atoms with Gasteiger partial charge >= 0.3 is 0 Å². The number of hydrogen-bond acceptors (Lipinski definition) is 7. The minimum absolute atomic E-state index is 0.0384. The first-order valence-electron chi connectivity index (χ1n) is 9.22. The molecule has 6 rings (SSSR count). The van der Waals surface area contributed by atoms with Crippen molar-refractivity contribution >= 4 is 11.5 Å². The highest BCUT2D eigenvalue weighted by Crippen LogP contribution is 2.41. The molecule has 0 bridgehead atoms. The lowest BCUT2D eigenvalue weighted by Gasteiger charge is -2.16. The number of fused-ring (bicyclic) bond motifs is 3. The Labute approximate surface area is 164 Å². The number of halogens is 1. The molecule has 5 heterocycles. The van der Waals surface area contributed by atoms with Crippen LogP contribution in [-0.2, 0) is 6.54 Å². The Bertz CT molecular complexity index is 1240. The van der Waals surface area contributed by atoms with E-state index in [9.17, 15) is 4.39 Å². The Balaban J connectivity index is 1.53. The predicted molar refractivity (Wildman–Crippen MR) is 101 cm³/mol. The Morgan fingerprint density at radius 2 is 1.93 bits per heavy atom. The fourth-order valence-corrected chi connectivity index (χ4v) is 4.04. The van der Waals surface area contributed by atoms with Crippen molar-refractivity contribution in [1.29, 1.82) is 0 Å². The average molecular weight is 390 g/mol. The van der Waals surface area contributed by atoms with Crippen LogP contribution >= 0.6 is 0 Å². The first-order chi connectivity index (χ1) is 14.3. The van der Waals surface area contributed by atoms with Crippen molar-refractivity contribution in [2.24, 2.45) is 0 Å². The smallest absolute Gasteiger partial charge is 0.170 e. The monoisotopic (exact) mass is 390 g/mol. The number of nitrogens with zero attached hydrogens (tertiary/aromatic N) is 5. The standard InChI is InChI=1S/C20H15FN6O2/c21-15-1-2-16-18-12(7-28-16)8-29-17-3-13(11-4-22-9-23-5-11)19-26-25-10-27(19)20(17)24-6-14(15)18/h1-5,9-10,12,24H,6-8H2/t12-/m0/s1. The number of benzene rings is 1. The van der Waals surface area contributed by atoms with Crippen molar-refractivity contribution < 1.29 is 13.9 Å². The molecule has 0 spiro atoms. The molecule has 2 aliphatic heterocycles. The van der Waals surface area contributed by atoms with Gasteiger partial charge in [0.05, 0.1) is 19.1 Å². The number of rotatable bonds is 1. The van der Waals surface area contributed by atoms with E-state index in [1.807, 2.05) is 10.5 Å². The van der Waals surface area contributed by atoms with Gasteiger partial charge < -0.3 is 14.8 Å². The van der Waals surface area contributed by atoms with E-state index in [1.54, 1.807) is 24.8 Å². The van der Waals surface area contributed by atoms with Crippen LogP contribution in [0.15, 0.2) is 43.2 Å². The van der Waals surface area contributed by atoms with Crippen LogP contribution < -0.4 is 14.8 Å². The SMILES string of the molecule is Fc1ccc2c3c1CNc1c(cc(-c4cncnc4)c4nncn14)OC[C@@H]3CO2. The number of nitrogens with one attached hydrogen (secondary N) is 1. The van der Waals surface area contributed by atoms with Crippen molar-refractivity contribution in [2.75, 3.05) is 18.5 Å². The summed E-state index contributed by atoms with van der Waals surface area (Å²) in [6.45, 7) is 1.14. The minimum atomic E-state index is -0.256. The van der Waals surface area contributed by atoms with Crippen molar-refractivity contribution in [2.45, 2.75) is 12.5 Å². The maximum Gasteiger partial charge on any atom is 0.170 e. The van der Waals surface area contributed by atoms with E-state index in [0.29, 0.717) is 42.5 Å². The van der Waals surface area contributed by atoms with Crippen LogP contribution in [0.4, 0.5) is 10.2 Å². The van der Waals surface area contributed by atoms with Crippen molar-refractivity contribution in [3.8, 4) is 22.6 Å². The third-order valence-corrected chi connectivity index (χ3v) is 5.39. The summed E-state index contributed by atoms with van der Waals surface area (Å²) >= 11 is 0. The molecule has 0 fully saturated rings. The van der Waals surface area contributed by atoms with Crippen molar-refractivity contribution in [1.82, 2.24) is 24.6 Å². The van der Waals surface area contributed by atoms with E-state index in [0.717, 1.165) is 22.4 Å². The fraction of sp³-hybridized carbons (Fsp3) is 0.200. The molecule has 0 unspecified atom stereocenters. The topological polar surface area (TPSA) is 86.5 Å². The summed E-state index contributed by atoms with van der Waals surface area (Å²) in [6.07, 6.45) is 6.52. The minimum Gasteiger partial charge on any atom is -0.493 e. The molecule has 9 heteroatoms. The Morgan fingerprint density at radius 3 is 2.79 bits per heavy atom. The average Bonchev–Trinajstić information content (AvgIpc) is 3.40. The normalized spacial score (nSPS) is 17.2. The van der Waals surface area contributed by atoms with Crippen LogP contribution in [0.5, 0.6) is 11.5 Å². The molecular formula is C20H15FN6O2. The molecule has 3 aromatic heterocycles. The second kappa shape index (κ2) is 6.13. The second-order valence-electron chi connectivity index (χ2n) is 7.03. The molecule has 4 aromatic rings. The van der Waals surface area contributed by atoms with E-state index in [-0.39, 0.29) is 11.7 Å². The van der Waals surface area contributed by atoms with Gasteiger partial charge in [-0.1, -0.05) is 0 Å². The van der Waals surface area contributed by atoms with Gasteiger partial charge in [-0.15, -0.1) is 10.2 Å². The molecule has 1 aromatic carbocycles. The molecule has 0 saturated heterocycles. The molecule has 144 valence electrons.